The predicted octanol–water partition coefficient (Wildman–Crippen LogP) is 4.77. The summed E-state index contributed by atoms with van der Waals surface area (Å²) in [6.07, 6.45) is 1.79. The molecule has 0 aromatic heterocycles. The molecule has 2 rings (SSSR count). The molecule has 0 amide bonds. The Morgan fingerprint density at radius 2 is 1.19 bits per heavy atom. The van der Waals surface area contributed by atoms with Crippen molar-refractivity contribution >= 4 is 11.4 Å². The second-order valence-corrected chi connectivity index (χ2v) is 6.64. The van der Waals surface area contributed by atoms with Crippen molar-refractivity contribution in [3.05, 3.63) is 68.8 Å². The van der Waals surface area contributed by atoms with Crippen LogP contribution in [0.3, 0.4) is 0 Å². The molecule has 0 fully saturated rings. The van der Waals surface area contributed by atoms with Crippen molar-refractivity contribution in [2.45, 2.75) is 26.7 Å². The fraction of sp³-hybridized carbons (Fsp3) is 0.368. The van der Waals surface area contributed by atoms with Gasteiger partial charge in [-0.3, -0.25) is 20.2 Å². The molecule has 0 aliphatic rings. The smallest absolute Gasteiger partial charge is 0.269 e. The topological polar surface area (TPSA) is 105 Å². The van der Waals surface area contributed by atoms with Gasteiger partial charge in [0.15, 0.2) is 0 Å². The van der Waals surface area contributed by atoms with Crippen LogP contribution in [-0.4, -0.2) is 23.1 Å². The summed E-state index contributed by atoms with van der Waals surface area (Å²) in [6.45, 7) is 4.86. The summed E-state index contributed by atoms with van der Waals surface area (Å²) in [5.41, 5.74) is -0.251. The van der Waals surface area contributed by atoms with Crippen LogP contribution >= 0.6 is 0 Å². The summed E-state index contributed by atoms with van der Waals surface area (Å²) in [7, 11) is 0. The van der Waals surface area contributed by atoms with Gasteiger partial charge in [-0.15, -0.1) is 0 Å². The minimum absolute atomic E-state index is 0.0141. The maximum Gasteiger partial charge on any atom is 0.269 e. The molecule has 27 heavy (non-hydrogen) atoms. The van der Waals surface area contributed by atoms with Crippen LogP contribution in [0.5, 0.6) is 11.5 Å². The molecule has 0 saturated carbocycles. The van der Waals surface area contributed by atoms with Crippen LogP contribution < -0.4 is 9.47 Å². The Morgan fingerprint density at radius 1 is 0.815 bits per heavy atom. The normalized spacial score (nSPS) is 11.0. The van der Waals surface area contributed by atoms with E-state index in [1.54, 1.807) is 24.3 Å². The lowest BCUT2D eigenvalue weighted by Crippen LogP contribution is -2.32. The van der Waals surface area contributed by atoms with E-state index < -0.39 is 9.85 Å². The second-order valence-electron chi connectivity index (χ2n) is 6.64. The highest BCUT2D eigenvalue weighted by Crippen LogP contribution is 2.28. The van der Waals surface area contributed by atoms with E-state index in [1.807, 2.05) is 6.92 Å². The number of ether oxygens (including phenoxy) is 2. The van der Waals surface area contributed by atoms with Crippen LogP contribution in [0.15, 0.2) is 48.5 Å². The van der Waals surface area contributed by atoms with E-state index in [1.165, 1.54) is 24.3 Å². The number of nitro groups is 2. The van der Waals surface area contributed by atoms with Crippen LogP contribution in [0, 0.1) is 25.6 Å². The minimum Gasteiger partial charge on any atom is -0.493 e. The zero-order valence-corrected chi connectivity index (χ0v) is 15.3. The fourth-order valence-corrected chi connectivity index (χ4v) is 2.63. The standard InChI is InChI=1S/C19H22N2O6/c1-3-12-19(2,13-26-17-8-4-15(5-9-17)20(22)23)14-27-18-10-6-16(7-11-18)21(24)25/h4-11H,3,12-14H2,1-2H3. The molecular weight excluding hydrogens is 352 g/mol. The van der Waals surface area contributed by atoms with Crippen LogP contribution in [0.25, 0.3) is 0 Å². The Kier molecular flexibility index (Phi) is 6.70. The lowest BCUT2D eigenvalue weighted by atomic mass is 9.87. The number of benzene rings is 2. The van der Waals surface area contributed by atoms with Gasteiger partial charge in [0.05, 0.1) is 23.1 Å². The van der Waals surface area contributed by atoms with E-state index in [9.17, 15) is 20.2 Å². The predicted molar refractivity (Wildman–Crippen MR) is 100 cm³/mol. The molecular formula is C19H22N2O6. The van der Waals surface area contributed by atoms with E-state index in [0.29, 0.717) is 24.7 Å². The first-order valence-electron chi connectivity index (χ1n) is 8.57. The molecule has 0 saturated heterocycles. The van der Waals surface area contributed by atoms with Gasteiger partial charge in [-0.2, -0.15) is 0 Å². The monoisotopic (exact) mass is 374 g/mol. The van der Waals surface area contributed by atoms with E-state index in [0.717, 1.165) is 12.8 Å². The lowest BCUT2D eigenvalue weighted by molar-refractivity contribution is -0.385. The largest absolute Gasteiger partial charge is 0.493 e. The first kappa shape index (κ1) is 20.2. The van der Waals surface area contributed by atoms with Crippen LogP contribution in [-0.2, 0) is 0 Å². The summed E-state index contributed by atoms with van der Waals surface area (Å²) < 4.78 is 11.6. The molecule has 0 spiro atoms. The van der Waals surface area contributed by atoms with Crippen molar-refractivity contribution in [2.75, 3.05) is 13.2 Å². The highest BCUT2D eigenvalue weighted by Gasteiger charge is 2.26. The van der Waals surface area contributed by atoms with Gasteiger partial charge in [0.2, 0.25) is 0 Å². The van der Waals surface area contributed by atoms with Gasteiger partial charge in [0, 0.05) is 29.7 Å². The average Bonchev–Trinajstić information content (AvgIpc) is 2.66. The molecule has 2 aromatic carbocycles. The molecule has 0 heterocycles. The SMILES string of the molecule is CCCC(C)(COc1ccc([N+](=O)[O-])cc1)COc1ccc([N+](=O)[O-])cc1. The summed E-state index contributed by atoms with van der Waals surface area (Å²) in [4.78, 5) is 20.5. The van der Waals surface area contributed by atoms with Gasteiger partial charge in [0.1, 0.15) is 11.5 Å². The Balaban J connectivity index is 1.96. The van der Waals surface area contributed by atoms with Gasteiger partial charge < -0.3 is 9.47 Å². The summed E-state index contributed by atoms with van der Waals surface area (Å²) in [6, 6.07) is 11.9. The van der Waals surface area contributed by atoms with Crippen LogP contribution in [0.4, 0.5) is 11.4 Å². The molecule has 0 atom stereocenters. The first-order chi connectivity index (χ1) is 12.8. The van der Waals surface area contributed by atoms with E-state index in [2.05, 4.69) is 6.92 Å². The maximum absolute atomic E-state index is 10.7. The maximum atomic E-state index is 10.7. The van der Waals surface area contributed by atoms with Gasteiger partial charge in [-0.25, -0.2) is 0 Å². The molecule has 0 unspecified atom stereocenters. The molecule has 0 bridgehead atoms. The Labute approximate surface area is 157 Å². The summed E-state index contributed by atoms with van der Waals surface area (Å²) >= 11 is 0. The molecule has 8 heteroatoms. The second kappa shape index (κ2) is 8.98. The third-order valence-corrected chi connectivity index (χ3v) is 4.12. The summed E-state index contributed by atoms with van der Waals surface area (Å²) in [5, 5.41) is 21.4. The summed E-state index contributed by atoms with van der Waals surface area (Å²) in [5.74, 6) is 1.11. The molecule has 0 radical (unpaired) electrons. The highest BCUT2D eigenvalue weighted by atomic mass is 16.6. The number of hydrogen-bond acceptors (Lipinski definition) is 6. The molecule has 2 aromatic rings. The van der Waals surface area contributed by atoms with Crippen LogP contribution in [0.2, 0.25) is 0 Å². The Bertz CT molecular complexity index is 712. The number of non-ortho nitro benzene ring substituents is 2. The van der Waals surface area contributed by atoms with Crippen LogP contribution in [0.1, 0.15) is 26.7 Å². The van der Waals surface area contributed by atoms with Crippen molar-refractivity contribution in [2.24, 2.45) is 5.41 Å². The molecule has 0 N–H and O–H groups in total. The van der Waals surface area contributed by atoms with Crippen molar-refractivity contribution in [3.8, 4) is 11.5 Å². The van der Waals surface area contributed by atoms with Gasteiger partial charge in [-0.05, 0) is 30.7 Å². The van der Waals surface area contributed by atoms with Gasteiger partial charge in [0.25, 0.3) is 11.4 Å². The molecule has 144 valence electrons. The van der Waals surface area contributed by atoms with E-state index in [-0.39, 0.29) is 16.8 Å². The van der Waals surface area contributed by atoms with E-state index >= 15 is 0 Å². The minimum atomic E-state index is -0.455. The average molecular weight is 374 g/mol. The number of hydrogen-bond donors (Lipinski definition) is 0. The first-order valence-corrected chi connectivity index (χ1v) is 8.57. The fourth-order valence-electron chi connectivity index (χ4n) is 2.63. The van der Waals surface area contributed by atoms with E-state index in [4.69, 9.17) is 9.47 Å². The Morgan fingerprint density at radius 3 is 1.48 bits per heavy atom. The number of nitro benzene ring substituents is 2. The van der Waals surface area contributed by atoms with Crippen molar-refractivity contribution < 1.29 is 19.3 Å². The van der Waals surface area contributed by atoms with Gasteiger partial charge in [-0.1, -0.05) is 20.3 Å². The number of rotatable bonds is 10. The molecule has 0 aliphatic carbocycles. The number of nitrogens with zero attached hydrogens (tertiary/aromatic N) is 2. The third kappa shape index (κ3) is 5.95. The molecule has 0 aliphatic heterocycles. The van der Waals surface area contributed by atoms with Crippen molar-refractivity contribution in [3.63, 3.8) is 0 Å². The molecule has 8 nitrogen and oxygen atoms in total. The van der Waals surface area contributed by atoms with Gasteiger partial charge >= 0.3 is 0 Å². The highest BCUT2D eigenvalue weighted by molar-refractivity contribution is 5.36. The zero-order valence-electron chi connectivity index (χ0n) is 15.3. The zero-order chi connectivity index (χ0) is 19.9. The third-order valence-electron chi connectivity index (χ3n) is 4.12. The quantitative estimate of drug-likeness (QED) is 0.438. The Hall–Kier alpha value is -3.16. The van der Waals surface area contributed by atoms with Crippen molar-refractivity contribution in [1.82, 2.24) is 0 Å². The van der Waals surface area contributed by atoms with Crippen molar-refractivity contribution in [1.29, 1.82) is 0 Å². The lowest BCUT2D eigenvalue weighted by Gasteiger charge is -2.29.